The lowest BCUT2D eigenvalue weighted by atomic mass is 10.1. The molecule has 4 heteroatoms. The molecule has 0 aliphatic carbocycles. The fourth-order valence-electron chi connectivity index (χ4n) is 1.86. The number of ether oxygens (including phenoxy) is 3. The molecular weight excluding hydrogens is 242 g/mol. The van der Waals surface area contributed by atoms with Gasteiger partial charge >= 0.3 is 0 Å². The molecular formula is C15H25NO3. The predicted octanol–water partition coefficient (Wildman–Crippen LogP) is 2.98. The van der Waals surface area contributed by atoms with Crippen LogP contribution in [0.2, 0.25) is 0 Å². The summed E-state index contributed by atoms with van der Waals surface area (Å²) < 4.78 is 16.5. The maximum absolute atomic E-state index is 5.81. The average Bonchev–Trinajstić information content (AvgIpc) is 2.42. The Labute approximate surface area is 115 Å². The predicted molar refractivity (Wildman–Crippen MR) is 77.0 cm³/mol. The van der Waals surface area contributed by atoms with E-state index < -0.39 is 0 Å². The Hall–Kier alpha value is -1.42. The Morgan fingerprint density at radius 3 is 2.11 bits per heavy atom. The second-order valence-corrected chi connectivity index (χ2v) is 4.92. The third-order valence-electron chi connectivity index (χ3n) is 2.93. The summed E-state index contributed by atoms with van der Waals surface area (Å²) >= 11 is 0. The summed E-state index contributed by atoms with van der Waals surface area (Å²) in [5, 5.41) is 0. The number of hydrogen-bond acceptors (Lipinski definition) is 4. The highest BCUT2D eigenvalue weighted by Crippen LogP contribution is 2.38. The van der Waals surface area contributed by atoms with Crippen LogP contribution in [-0.4, -0.2) is 20.8 Å². The molecule has 19 heavy (non-hydrogen) atoms. The van der Waals surface area contributed by atoms with Gasteiger partial charge in [-0.2, -0.15) is 0 Å². The van der Waals surface area contributed by atoms with Crippen molar-refractivity contribution in [2.45, 2.75) is 33.2 Å². The minimum absolute atomic E-state index is 0.445. The van der Waals surface area contributed by atoms with Gasteiger partial charge in [-0.1, -0.05) is 13.8 Å². The van der Waals surface area contributed by atoms with E-state index in [1.54, 1.807) is 14.2 Å². The summed E-state index contributed by atoms with van der Waals surface area (Å²) in [6.45, 7) is 5.52. The van der Waals surface area contributed by atoms with Crippen molar-refractivity contribution in [2.75, 3.05) is 20.8 Å². The second kappa shape index (κ2) is 7.89. The van der Waals surface area contributed by atoms with Crippen LogP contribution in [0.4, 0.5) is 0 Å². The molecule has 0 fully saturated rings. The van der Waals surface area contributed by atoms with Gasteiger partial charge in [0.05, 0.1) is 20.8 Å². The molecule has 0 spiro atoms. The maximum Gasteiger partial charge on any atom is 0.203 e. The van der Waals surface area contributed by atoms with Gasteiger partial charge in [-0.15, -0.1) is 0 Å². The largest absolute Gasteiger partial charge is 0.493 e. The van der Waals surface area contributed by atoms with Gasteiger partial charge in [-0.05, 0) is 36.5 Å². The first kappa shape index (κ1) is 15.6. The standard InChI is InChI=1S/C15H25NO3/c1-11(2)6-5-7-19-15-13(17-3)8-12(10-16)9-14(15)18-4/h8-9,11H,5-7,10,16H2,1-4H3. The normalized spacial score (nSPS) is 10.6. The molecule has 0 aromatic heterocycles. The fraction of sp³-hybridized carbons (Fsp3) is 0.600. The van der Waals surface area contributed by atoms with Crippen molar-refractivity contribution >= 4 is 0 Å². The van der Waals surface area contributed by atoms with Crippen LogP contribution < -0.4 is 19.9 Å². The molecule has 0 atom stereocenters. The molecule has 4 nitrogen and oxygen atoms in total. The van der Waals surface area contributed by atoms with Crippen molar-refractivity contribution in [2.24, 2.45) is 11.7 Å². The zero-order valence-electron chi connectivity index (χ0n) is 12.4. The molecule has 0 saturated heterocycles. The van der Waals surface area contributed by atoms with Gasteiger partial charge in [0.15, 0.2) is 11.5 Å². The molecule has 0 unspecified atom stereocenters. The SMILES string of the molecule is COc1cc(CN)cc(OC)c1OCCCC(C)C. The first-order valence-electron chi connectivity index (χ1n) is 6.70. The summed E-state index contributed by atoms with van der Waals surface area (Å²) in [5.74, 6) is 2.69. The van der Waals surface area contributed by atoms with Crippen LogP contribution in [0.3, 0.4) is 0 Å². The molecule has 0 heterocycles. The zero-order valence-corrected chi connectivity index (χ0v) is 12.4. The lowest BCUT2D eigenvalue weighted by Gasteiger charge is -2.16. The molecule has 1 rings (SSSR count). The minimum Gasteiger partial charge on any atom is -0.493 e. The summed E-state index contributed by atoms with van der Waals surface area (Å²) in [5.41, 5.74) is 6.61. The van der Waals surface area contributed by atoms with Gasteiger partial charge in [0.1, 0.15) is 0 Å². The van der Waals surface area contributed by atoms with Gasteiger partial charge < -0.3 is 19.9 Å². The zero-order chi connectivity index (χ0) is 14.3. The number of nitrogens with two attached hydrogens (primary N) is 1. The molecule has 0 saturated carbocycles. The molecule has 0 aliphatic heterocycles. The van der Waals surface area contributed by atoms with Crippen molar-refractivity contribution in [3.8, 4) is 17.2 Å². The molecule has 1 aromatic rings. The molecule has 2 N–H and O–H groups in total. The van der Waals surface area contributed by atoms with Crippen LogP contribution in [-0.2, 0) is 6.54 Å². The third kappa shape index (κ3) is 4.63. The highest BCUT2D eigenvalue weighted by Gasteiger charge is 2.13. The van der Waals surface area contributed by atoms with E-state index in [0.29, 0.717) is 36.3 Å². The van der Waals surface area contributed by atoms with E-state index in [1.807, 2.05) is 12.1 Å². The average molecular weight is 267 g/mol. The first-order valence-corrected chi connectivity index (χ1v) is 6.70. The van der Waals surface area contributed by atoms with E-state index in [-0.39, 0.29) is 0 Å². The van der Waals surface area contributed by atoms with Crippen LogP contribution in [0.15, 0.2) is 12.1 Å². The van der Waals surface area contributed by atoms with Crippen LogP contribution >= 0.6 is 0 Å². The monoisotopic (exact) mass is 267 g/mol. The van der Waals surface area contributed by atoms with Crippen LogP contribution in [0, 0.1) is 5.92 Å². The molecule has 0 amide bonds. The van der Waals surface area contributed by atoms with Gasteiger partial charge in [0, 0.05) is 6.54 Å². The fourth-order valence-corrected chi connectivity index (χ4v) is 1.86. The number of hydrogen-bond donors (Lipinski definition) is 1. The van der Waals surface area contributed by atoms with E-state index in [9.17, 15) is 0 Å². The Bertz CT molecular complexity index is 366. The summed E-state index contributed by atoms with van der Waals surface area (Å²) in [4.78, 5) is 0. The Morgan fingerprint density at radius 2 is 1.68 bits per heavy atom. The van der Waals surface area contributed by atoms with Crippen LogP contribution in [0.5, 0.6) is 17.2 Å². The lowest BCUT2D eigenvalue weighted by molar-refractivity contribution is 0.263. The van der Waals surface area contributed by atoms with Crippen LogP contribution in [0.25, 0.3) is 0 Å². The molecule has 0 bridgehead atoms. The van der Waals surface area contributed by atoms with Gasteiger partial charge in [-0.25, -0.2) is 0 Å². The van der Waals surface area contributed by atoms with E-state index in [0.717, 1.165) is 18.4 Å². The Kier molecular flexibility index (Phi) is 6.50. The Morgan fingerprint density at radius 1 is 1.11 bits per heavy atom. The van der Waals surface area contributed by atoms with Gasteiger partial charge in [-0.3, -0.25) is 0 Å². The van der Waals surface area contributed by atoms with Crippen molar-refractivity contribution in [3.05, 3.63) is 17.7 Å². The Balaban J connectivity index is 2.79. The summed E-state index contributed by atoms with van der Waals surface area (Å²) in [6.07, 6.45) is 2.16. The third-order valence-corrected chi connectivity index (χ3v) is 2.93. The van der Waals surface area contributed by atoms with E-state index in [2.05, 4.69) is 13.8 Å². The van der Waals surface area contributed by atoms with E-state index in [1.165, 1.54) is 0 Å². The molecule has 0 radical (unpaired) electrons. The molecule has 0 aliphatic rings. The molecule has 108 valence electrons. The number of methoxy groups -OCH3 is 2. The number of rotatable bonds is 8. The maximum atomic E-state index is 5.81. The van der Waals surface area contributed by atoms with Crippen molar-refractivity contribution in [1.29, 1.82) is 0 Å². The van der Waals surface area contributed by atoms with Crippen LogP contribution in [0.1, 0.15) is 32.3 Å². The van der Waals surface area contributed by atoms with Gasteiger partial charge in [0.2, 0.25) is 5.75 Å². The second-order valence-electron chi connectivity index (χ2n) is 4.92. The van der Waals surface area contributed by atoms with Crippen molar-refractivity contribution in [3.63, 3.8) is 0 Å². The summed E-state index contributed by atoms with van der Waals surface area (Å²) in [6, 6.07) is 3.78. The first-order chi connectivity index (χ1) is 9.12. The minimum atomic E-state index is 0.445. The van der Waals surface area contributed by atoms with Gasteiger partial charge in [0.25, 0.3) is 0 Å². The highest BCUT2D eigenvalue weighted by atomic mass is 16.5. The summed E-state index contributed by atoms with van der Waals surface area (Å²) in [7, 11) is 3.24. The quantitative estimate of drug-likeness (QED) is 0.736. The number of benzene rings is 1. The highest BCUT2D eigenvalue weighted by molar-refractivity contribution is 5.53. The van der Waals surface area contributed by atoms with Crippen molar-refractivity contribution in [1.82, 2.24) is 0 Å². The smallest absolute Gasteiger partial charge is 0.203 e. The molecule has 1 aromatic carbocycles. The van der Waals surface area contributed by atoms with Crippen molar-refractivity contribution < 1.29 is 14.2 Å². The topological polar surface area (TPSA) is 53.7 Å². The lowest BCUT2D eigenvalue weighted by Crippen LogP contribution is -2.05. The van der Waals surface area contributed by atoms with E-state index in [4.69, 9.17) is 19.9 Å². The van der Waals surface area contributed by atoms with E-state index >= 15 is 0 Å².